The molecule has 0 radical (unpaired) electrons. The van der Waals surface area contributed by atoms with Gasteiger partial charge in [0.2, 0.25) is 0 Å². The quantitative estimate of drug-likeness (QED) is 0.593. The van der Waals surface area contributed by atoms with Crippen LogP contribution in [0.3, 0.4) is 0 Å². The van der Waals surface area contributed by atoms with E-state index >= 15 is 0 Å². The summed E-state index contributed by atoms with van der Waals surface area (Å²) in [4.78, 5) is 0. The molecular weight excluding hydrogens is 272 g/mol. The summed E-state index contributed by atoms with van der Waals surface area (Å²) in [6.07, 6.45) is 13.7. The van der Waals surface area contributed by atoms with E-state index in [0.29, 0.717) is 23.2 Å². The molecular formula is C18H34N4. The smallest absolute Gasteiger partial charge is 0.0309 e. The maximum Gasteiger partial charge on any atom is 0.0309 e. The van der Waals surface area contributed by atoms with E-state index in [1.165, 1.54) is 90.4 Å². The third kappa shape index (κ3) is 3.08. The summed E-state index contributed by atoms with van der Waals surface area (Å²) in [5.41, 5.74) is 0.854. The van der Waals surface area contributed by atoms with Gasteiger partial charge in [0.05, 0.1) is 0 Å². The first-order chi connectivity index (χ1) is 10.8. The number of piperidine rings is 4. The van der Waals surface area contributed by atoms with Gasteiger partial charge in [0.25, 0.3) is 0 Å². The molecule has 0 bridgehead atoms. The summed E-state index contributed by atoms with van der Waals surface area (Å²) in [5.74, 6) is 0. The van der Waals surface area contributed by atoms with Gasteiger partial charge in [0.15, 0.2) is 0 Å². The van der Waals surface area contributed by atoms with Crippen molar-refractivity contribution in [3.8, 4) is 0 Å². The van der Waals surface area contributed by atoms with Crippen LogP contribution in [0.25, 0.3) is 0 Å². The van der Waals surface area contributed by atoms with Crippen LogP contribution in [0, 0.1) is 0 Å². The molecule has 4 saturated heterocycles. The highest BCUT2D eigenvalue weighted by Gasteiger charge is 2.43. The van der Waals surface area contributed by atoms with Crippen molar-refractivity contribution in [2.75, 3.05) is 26.2 Å². The Morgan fingerprint density at radius 3 is 1.91 bits per heavy atom. The molecule has 3 atom stereocenters. The minimum atomic E-state index is 0.404. The Morgan fingerprint density at radius 1 is 0.591 bits per heavy atom. The van der Waals surface area contributed by atoms with Crippen LogP contribution in [0.1, 0.15) is 64.2 Å². The fourth-order valence-electron chi connectivity index (χ4n) is 5.60. The molecule has 4 heterocycles. The Kier molecular flexibility index (Phi) is 4.46. The molecule has 4 fully saturated rings. The maximum atomic E-state index is 4.14. The molecule has 4 N–H and O–H groups in total. The van der Waals surface area contributed by atoms with Crippen molar-refractivity contribution in [1.29, 1.82) is 0 Å². The number of rotatable bonds is 1. The van der Waals surface area contributed by atoms with E-state index in [1.54, 1.807) is 0 Å². The standard InChI is InChI=1S/C18H34N4/c1-4-15(21-17(6-1)9-12-19-13-10-17)16-5-2-7-18(22-16)8-3-11-20-14-18/h15-16,19-22H,1-14H2. The van der Waals surface area contributed by atoms with Gasteiger partial charge in [-0.1, -0.05) is 6.42 Å². The van der Waals surface area contributed by atoms with Gasteiger partial charge < -0.3 is 21.3 Å². The molecule has 4 nitrogen and oxygen atoms in total. The zero-order chi connectivity index (χ0) is 14.9. The molecule has 0 aromatic heterocycles. The van der Waals surface area contributed by atoms with Crippen molar-refractivity contribution < 1.29 is 0 Å². The Labute approximate surface area is 135 Å². The van der Waals surface area contributed by atoms with Gasteiger partial charge in [-0.05, 0) is 77.4 Å². The Bertz CT molecular complexity index is 324. The average Bonchev–Trinajstić information content (AvgIpc) is 2.56. The lowest BCUT2D eigenvalue weighted by Crippen LogP contribution is -2.68. The highest BCUT2D eigenvalue weighted by atomic mass is 15.1. The minimum Gasteiger partial charge on any atom is -0.317 e. The molecule has 0 saturated carbocycles. The fourth-order valence-corrected chi connectivity index (χ4v) is 5.60. The number of hydrogen-bond acceptors (Lipinski definition) is 4. The molecule has 4 rings (SSSR count). The normalized spacial score (nSPS) is 42.5. The second-order valence-corrected chi connectivity index (χ2v) is 8.38. The molecule has 0 aliphatic carbocycles. The second-order valence-electron chi connectivity index (χ2n) is 8.38. The predicted octanol–water partition coefficient (Wildman–Crippen LogP) is 1.52. The van der Waals surface area contributed by atoms with Crippen LogP contribution >= 0.6 is 0 Å². The second kappa shape index (κ2) is 6.39. The van der Waals surface area contributed by atoms with Crippen molar-refractivity contribution >= 4 is 0 Å². The van der Waals surface area contributed by atoms with E-state index in [9.17, 15) is 0 Å². The zero-order valence-corrected chi connectivity index (χ0v) is 14.1. The van der Waals surface area contributed by atoms with Gasteiger partial charge >= 0.3 is 0 Å². The lowest BCUT2D eigenvalue weighted by atomic mass is 9.74. The molecule has 0 amide bonds. The molecule has 3 unspecified atom stereocenters. The molecule has 0 aromatic rings. The minimum absolute atomic E-state index is 0.404. The molecule has 126 valence electrons. The molecule has 2 spiro atoms. The Morgan fingerprint density at radius 2 is 1.23 bits per heavy atom. The van der Waals surface area contributed by atoms with Crippen LogP contribution in [0.2, 0.25) is 0 Å². The average molecular weight is 306 g/mol. The van der Waals surface area contributed by atoms with Gasteiger partial charge in [0.1, 0.15) is 0 Å². The van der Waals surface area contributed by atoms with E-state index in [0.717, 1.165) is 0 Å². The van der Waals surface area contributed by atoms with Crippen molar-refractivity contribution in [3.63, 3.8) is 0 Å². The van der Waals surface area contributed by atoms with E-state index in [2.05, 4.69) is 21.3 Å². The molecule has 4 heteroatoms. The predicted molar refractivity (Wildman–Crippen MR) is 91.2 cm³/mol. The Hall–Kier alpha value is -0.160. The monoisotopic (exact) mass is 306 g/mol. The van der Waals surface area contributed by atoms with Crippen molar-refractivity contribution in [2.45, 2.75) is 87.4 Å². The fraction of sp³-hybridized carbons (Fsp3) is 1.00. The van der Waals surface area contributed by atoms with Crippen LogP contribution in [0.4, 0.5) is 0 Å². The first-order valence-electron chi connectivity index (χ1n) is 9.76. The SMILES string of the molecule is C1CC(C2CCCC3(CCCNC3)N2)NC2(C1)CCNCC2. The van der Waals surface area contributed by atoms with Crippen molar-refractivity contribution in [2.24, 2.45) is 0 Å². The van der Waals surface area contributed by atoms with Gasteiger partial charge in [-0.2, -0.15) is 0 Å². The molecule has 4 aliphatic rings. The summed E-state index contributed by atoms with van der Waals surface area (Å²) < 4.78 is 0. The summed E-state index contributed by atoms with van der Waals surface area (Å²) in [7, 11) is 0. The van der Waals surface area contributed by atoms with E-state index in [-0.39, 0.29) is 0 Å². The number of nitrogens with one attached hydrogen (secondary N) is 4. The zero-order valence-electron chi connectivity index (χ0n) is 14.1. The van der Waals surface area contributed by atoms with Crippen LogP contribution < -0.4 is 21.3 Å². The molecule has 4 aliphatic heterocycles. The van der Waals surface area contributed by atoms with Crippen LogP contribution in [0.5, 0.6) is 0 Å². The first kappa shape index (κ1) is 15.4. The third-order valence-electron chi connectivity index (χ3n) is 6.84. The van der Waals surface area contributed by atoms with Gasteiger partial charge in [-0.25, -0.2) is 0 Å². The van der Waals surface area contributed by atoms with Crippen LogP contribution in [0.15, 0.2) is 0 Å². The van der Waals surface area contributed by atoms with E-state index in [1.807, 2.05) is 0 Å². The Balaban J connectivity index is 1.42. The highest BCUT2D eigenvalue weighted by molar-refractivity contribution is 5.05. The topological polar surface area (TPSA) is 48.1 Å². The summed E-state index contributed by atoms with van der Waals surface area (Å²) in [5, 5.41) is 15.4. The summed E-state index contributed by atoms with van der Waals surface area (Å²) in [6.45, 7) is 4.80. The van der Waals surface area contributed by atoms with Crippen molar-refractivity contribution in [1.82, 2.24) is 21.3 Å². The summed E-state index contributed by atoms with van der Waals surface area (Å²) in [6, 6.07) is 1.40. The lowest BCUT2D eigenvalue weighted by molar-refractivity contribution is 0.0937. The van der Waals surface area contributed by atoms with Crippen LogP contribution in [-0.4, -0.2) is 49.3 Å². The third-order valence-corrected chi connectivity index (χ3v) is 6.84. The highest BCUT2D eigenvalue weighted by Crippen LogP contribution is 2.35. The van der Waals surface area contributed by atoms with E-state index in [4.69, 9.17) is 0 Å². The van der Waals surface area contributed by atoms with Crippen LogP contribution in [-0.2, 0) is 0 Å². The molecule has 22 heavy (non-hydrogen) atoms. The van der Waals surface area contributed by atoms with E-state index < -0.39 is 0 Å². The summed E-state index contributed by atoms with van der Waals surface area (Å²) >= 11 is 0. The van der Waals surface area contributed by atoms with Crippen molar-refractivity contribution in [3.05, 3.63) is 0 Å². The van der Waals surface area contributed by atoms with Gasteiger partial charge in [0, 0.05) is 29.7 Å². The number of hydrogen-bond donors (Lipinski definition) is 4. The first-order valence-corrected chi connectivity index (χ1v) is 9.76. The van der Waals surface area contributed by atoms with Gasteiger partial charge in [-0.15, -0.1) is 0 Å². The lowest BCUT2D eigenvalue weighted by Gasteiger charge is -2.52. The largest absolute Gasteiger partial charge is 0.317 e. The maximum absolute atomic E-state index is 4.14. The van der Waals surface area contributed by atoms with Gasteiger partial charge in [-0.3, -0.25) is 0 Å². The molecule has 0 aromatic carbocycles.